The molecule has 0 saturated heterocycles. The summed E-state index contributed by atoms with van der Waals surface area (Å²) < 4.78 is 5.90. The van der Waals surface area contributed by atoms with Gasteiger partial charge in [-0.3, -0.25) is 0 Å². The minimum Gasteiger partial charge on any atom is -0.367 e. The molecule has 316 valence electrons. The second-order valence-corrected chi connectivity index (χ2v) is 17.2. The summed E-state index contributed by atoms with van der Waals surface area (Å²) in [6.07, 6.45) is 3.41. The molecule has 62 heavy (non-hydrogen) atoms. The van der Waals surface area contributed by atoms with Crippen molar-refractivity contribution in [2.24, 2.45) is 5.41 Å². The van der Waals surface area contributed by atoms with E-state index >= 15 is 0 Å². The number of fused-ring (bicyclic) bond motifs is 2. The Hall–Kier alpha value is -6.09. The number of aryl methyl sites for hydroxylation is 4. The Kier molecular flexibility index (Phi) is 15.8. The van der Waals surface area contributed by atoms with Crippen LogP contribution >= 0.6 is 0 Å². The lowest BCUT2D eigenvalue weighted by Crippen LogP contribution is -2.18. The molecule has 2 heteroatoms. The van der Waals surface area contributed by atoms with Crippen LogP contribution in [0.3, 0.4) is 0 Å². The van der Waals surface area contributed by atoms with Crippen LogP contribution in [-0.2, 0) is 30.6 Å². The van der Waals surface area contributed by atoms with Crippen LogP contribution in [0.1, 0.15) is 92.3 Å². The van der Waals surface area contributed by atoms with Crippen LogP contribution in [-0.4, -0.2) is 4.98 Å². The van der Waals surface area contributed by atoms with Crippen molar-refractivity contribution in [3.63, 3.8) is 0 Å². The molecule has 0 spiro atoms. The van der Waals surface area contributed by atoms with Crippen LogP contribution in [0.15, 0.2) is 176 Å². The molecule has 1 unspecified atom stereocenters. The van der Waals surface area contributed by atoms with Gasteiger partial charge in [-0.05, 0) is 124 Å². The number of aromatic nitrogens is 1. The molecule has 0 amide bonds. The zero-order valence-electron chi connectivity index (χ0n) is 38.5. The highest BCUT2D eigenvalue weighted by molar-refractivity contribution is 5.85. The Morgan fingerprint density at radius 2 is 0.968 bits per heavy atom. The van der Waals surface area contributed by atoms with Crippen LogP contribution < -0.4 is 0 Å². The second kappa shape index (κ2) is 21.6. The van der Waals surface area contributed by atoms with Crippen molar-refractivity contribution < 1.29 is 4.74 Å². The monoisotopic (exact) mass is 816 g/mol. The van der Waals surface area contributed by atoms with Crippen LogP contribution in [0.2, 0.25) is 0 Å². The molecule has 0 saturated carbocycles. The van der Waals surface area contributed by atoms with E-state index in [2.05, 4.69) is 226 Å². The molecule has 2 nitrogen and oxygen atoms in total. The van der Waals surface area contributed by atoms with Gasteiger partial charge in [0, 0.05) is 10.9 Å². The van der Waals surface area contributed by atoms with Gasteiger partial charge in [0.25, 0.3) is 0 Å². The van der Waals surface area contributed by atoms with Crippen molar-refractivity contribution in [2.75, 3.05) is 0 Å². The first-order valence-corrected chi connectivity index (χ1v) is 22.5. The molecule has 0 fully saturated rings. The fourth-order valence-electron chi connectivity index (χ4n) is 8.51. The van der Waals surface area contributed by atoms with E-state index in [-0.39, 0.29) is 11.5 Å². The lowest BCUT2D eigenvalue weighted by atomic mass is 9.86. The first-order chi connectivity index (χ1) is 30.0. The van der Waals surface area contributed by atoms with Gasteiger partial charge in [0.2, 0.25) is 0 Å². The molecule has 0 radical (unpaired) electrons. The predicted octanol–water partition coefficient (Wildman–Crippen LogP) is 16.5. The van der Waals surface area contributed by atoms with E-state index in [1.165, 1.54) is 77.7 Å². The molecule has 0 bridgehead atoms. The van der Waals surface area contributed by atoms with Gasteiger partial charge in [0.1, 0.15) is 6.10 Å². The molecule has 0 N–H and O–H groups in total. The van der Waals surface area contributed by atoms with E-state index < -0.39 is 0 Å². The Labute approximate surface area is 372 Å². The lowest BCUT2D eigenvalue weighted by Gasteiger charge is -2.26. The maximum absolute atomic E-state index is 5.90. The number of hydrogen-bond acceptors (Lipinski definition) is 2. The van der Waals surface area contributed by atoms with Gasteiger partial charge in [-0.25, -0.2) is 4.98 Å². The fourth-order valence-corrected chi connectivity index (χ4v) is 8.51. The van der Waals surface area contributed by atoms with Gasteiger partial charge < -0.3 is 4.74 Å². The molecule has 2 heterocycles. The summed E-state index contributed by atoms with van der Waals surface area (Å²) in [6.45, 7) is 20.5. The Morgan fingerprint density at radius 3 is 1.55 bits per heavy atom. The third-order valence-electron chi connectivity index (χ3n) is 11.8. The van der Waals surface area contributed by atoms with Gasteiger partial charge >= 0.3 is 0 Å². The summed E-state index contributed by atoms with van der Waals surface area (Å²) in [5.41, 5.74) is 20.0. The van der Waals surface area contributed by atoms with Gasteiger partial charge in [0.05, 0.1) is 17.8 Å². The Morgan fingerprint density at radius 1 is 0.484 bits per heavy atom. The van der Waals surface area contributed by atoms with Gasteiger partial charge in [0.15, 0.2) is 0 Å². The first kappa shape index (κ1) is 45.4. The van der Waals surface area contributed by atoms with E-state index in [1.54, 1.807) is 0 Å². The SMILES string of the molecule is CC(C)(C)C1OCc2cc3ccccc3nc21.CCc1c(C)cccc1-c1ccccc1.CCc1c(C)cccc1-c1ccccc1-c1ccccc1.CCc1ccccc1C. The standard InChI is InChI=1S/C21H20.C15H17NO.C15H16.C9H12/c1-3-18-16(2)10-9-15-20(18)21-14-8-7-13-19(21)17-11-5-4-6-12-17;1-15(2,3)14-13-11(9-17-14)8-10-6-4-5-7-12(10)16-13;1-3-14-12(2)8-7-11-15(14)13-9-5-4-6-10-13;1-3-9-7-5-4-6-8(9)2/h4-15H,3H2,1-2H3;4-8,14H,9H2,1-3H3;4-11H,3H2,1-2H3;4-7H,3H2,1-2H3. The largest absolute Gasteiger partial charge is 0.367 e. The van der Waals surface area contributed by atoms with Crippen molar-refractivity contribution in [1.29, 1.82) is 0 Å². The average Bonchev–Trinajstić information content (AvgIpc) is 3.73. The van der Waals surface area contributed by atoms with Crippen molar-refractivity contribution in [1.82, 2.24) is 4.98 Å². The molecule has 7 aromatic carbocycles. The van der Waals surface area contributed by atoms with Crippen molar-refractivity contribution in [3.05, 3.63) is 221 Å². The minimum atomic E-state index is 0.0979. The van der Waals surface area contributed by atoms with Gasteiger partial charge in [-0.2, -0.15) is 0 Å². The van der Waals surface area contributed by atoms with E-state index in [4.69, 9.17) is 9.72 Å². The third-order valence-corrected chi connectivity index (χ3v) is 11.8. The topological polar surface area (TPSA) is 22.1 Å². The van der Waals surface area contributed by atoms with E-state index in [9.17, 15) is 0 Å². The van der Waals surface area contributed by atoms with Crippen LogP contribution in [0, 0.1) is 26.2 Å². The molecule has 1 aliphatic heterocycles. The van der Waals surface area contributed by atoms with Gasteiger partial charge in [-0.1, -0.05) is 205 Å². The molecule has 8 aromatic rings. The zero-order valence-corrected chi connectivity index (χ0v) is 38.5. The lowest BCUT2D eigenvalue weighted by molar-refractivity contribution is -0.00968. The molecular weight excluding hydrogens is 751 g/mol. The summed E-state index contributed by atoms with van der Waals surface area (Å²) >= 11 is 0. The number of pyridine rings is 1. The van der Waals surface area contributed by atoms with Crippen LogP contribution in [0.25, 0.3) is 44.3 Å². The summed E-state index contributed by atoms with van der Waals surface area (Å²) in [5, 5.41) is 1.20. The fraction of sp³-hybridized carbons (Fsp3) is 0.250. The normalized spacial score (nSPS) is 12.8. The summed E-state index contributed by atoms with van der Waals surface area (Å²) in [7, 11) is 0. The third kappa shape index (κ3) is 11.2. The number of ether oxygens (including phenoxy) is 1. The second-order valence-electron chi connectivity index (χ2n) is 17.2. The first-order valence-electron chi connectivity index (χ1n) is 22.5. The van der Waals surface area contributed by atoms with Crippen LogP contribution in [0.5, 0.6) is 0 Å². The summed E-state index contributed by atoms with van der Waals surface area (Å²) in [6, 6.07) is 62.0. The quantitative estimate of drug-likeness (QED) is 0.167. The maximum Gasteiger partial charge on any atom is 0.105 e. The van der Waals surface area contributed by atoms with Crippen molar-refractivity contribution in [2.45, 2.75) is 94.3 Å². The highest BCUT2D eigenvalue weighted by atomic mass is 16.5. The summed E-state index contributed by atoms with van der Waals surface area (Å²) in [4.78, 5) is 4.78. The number of benzene rings is 7. The number of rotatable bonds is 6. The van der Waals surface area contributed by atoms with Crippen molar-refractivity contribution in [3.8, 4) is 33.4 Å². The molecule has 1 aromatic heterocycles. The molecule has 9 rings (SSSR count). The smallest absolute Gasteiger partial charge is 0.105 e. The van der Waals surface area contributed by atoms with E-state index in [0.29, 0.717) is 6.61 Å². The Bertz CT molecular complexity index is 2650. The van der Waals surface area contributed by atoms with Crippen LogP contribution in [0.4, 0.5) is 0 Å². The van der Waals surface area contributed by atoms with E-state index in [0.717, 1.165) is 30.5 Å². The minimum absolute atomic E-state index is 0.0979. The molecular formula is C60H65NO. The van der Waals surface area contributed by atoms with E-state index in [1.807, 2.05) is 12.1 Å². The average molecular weight is 816 g/mol. The number of hydrogen-bond donors (Lipinski definition) is 0. The highest BCUT2D eigenvalue weighted by Crippen LogP contribution is 2.42. The van der Waals surface area contributed by atoms with Gasteiger partial charge in [-0.15, -0.1) is 0 Å². The Balaban J connectivity index is 0.000000143. The maximum atomic E-state index is 5.90. The molecule has 1 atom stereocenters. The summed E-state index contributed by atoms with van der Waals surface area (Å²) in [5.74, 6) is 0. The predicted molar refractivity (Wildman–Crippen MR) is 267 cm³/mol. The number of para-hydroxylation sites is 1. The molecule has 1 aliphatic rings. The molecule has 0 aliphatic carbocycles. The number of nitrogens with zero attached hydrogens (tertiary/aromatic N) is 1. The van der Waals surface area contributed by atoms with Crippen molar-refractivity contribution >= 4 is 10.9 Å². The zero-order chi connectivity index (χ0) is 44.1. The highest BCUT2D eigenvalue weighted by Gasteiger charge is 2.35.